The van der Waals surface area contributed by atoms with E-state index in [1.165, 1.54) is 22.5 Å². The minimum absolute atomic E-state index is 0.0871. The van der Waals surface area contributed by atoms with Crippen LogP contribution in [0.4, 0.5) is 11.4 Å². The highest BCUT2D eigenvalue weighted by Gasteiger charge is 2.12. The molecule has 0 aliphatic rings. The summed E-state index contributed by atoms with van der Waals surface area (Å²) in [6.07, 6.45) is 0.943. The molecule has 0 aliphatic carbocycles. The molecule has 0 amide bonds. The fourth-order valence-corrected chi connectivity index (χ4v) is 2.23. The van der Waals surface area contributed by atoms with Gasteiger partial charge in [-0.15, -0.1) is 0 Å². The van der Waals surface area contributed by atoms with Crippen molar-refractivity contribution in [2.24, 2.45) is 5.73 Å². The van der Waals surface area contributed by atoms with Crippen molar-refractivity contribution >= 4 is 11.4 Å². The maximum atomic E-state index is 6.21. The van der Waals surface area contributed by atoms with E-state index in [1.54, 1.807) is 0 Å². The summed E-state index contributed by atoms with van der Waals surface area (Å²) >= 11 is 0. The molecule has 1 unspecified atom stereocenters. The Hall–Kier alpha value is -1.80. The van der Waals surface area contributed by atoms with Gasteiger partial charge in [0, 0.05) is 24.5 Å². The first-order chi connectivity index (χ1) is 9.13. The Balaban J connectivity index is 2.38. The standard InChI is InChI=1S/C17H22N2/c1-4-16(18)15-7-5-6-8-17(15)19(3)14-11-9-13(2)10-12-14/h5-12,16H,4,18H2,1-3H3. The molecule has 2 rings (SSSR count). The van der Waals surface area contributed by atoms with Gasteiger partial charge in [0.25, 0.3) is 0 Å². The first-order valence-corrected chi connectivity index (χ1v) is 6.78. The van der Waals surface area contributed by atoms with Gasteiger partial charge in [0.2, 0.25) is 0 Å². The normalized spacial score (nSPS) is 12.2. The first kappa shape index (κ1) is 13.6. The molecule has 0 spiro atoms. The maximum Gasteiger partial charge on any atom is 0.0456 e. The SMILES string of the molecule is CCC(N)c1ccccc1N(C)c1ccc(C)cc1. The predicted octanol–water partition coefficient (Wildman–Crippen LogP) is 4.17. The fraction of sp³-hybridized carbons (Fsp3) is 0.294. The monoisotopic (exact) mass is 254 g/mol. The van der Waals surface area contributed by atoms with Gasteiger partial charge < -0.3 is 10.6 Å². The minimum Gasteiger partial charge on any atom is -0.344 e. The zero-order valence-electron chi connectivity index (χ0n) is 11.9. The molecular weight excluding hydrogens is 232 g/mol. The fourth-order valence-electron chi connectivity index (χ4n) is 2.23. The molecule has 0 fully saturated rings. The molecule has 0 bridgehead atoms. The Kier molecular flexibility index (Phi) is 4.23. The lowest BCUT2D eigenvalue weighted by Crippen LogP contribution is -2.16. The Morgan fingerprint density at radius 1 is 1.05 bits per heavy atom. The number of hydrogen-bond acceptors (Lipinski definition) is 2. The number of aryl methyl sites for hydroxylation is 1. The molecule has 2 aromatic carbocycles. The van der Waals surface area contributed by atoms with Crippen molar-refractivity contribution in [1.82, 2.24) is 0 Å². The molecule has 0 aliphatic heterocycles. The molecule has 1 atom stereocenters. The minimum atomic E-state index is 0.0871. The van der Waals surface area contributed by atoms with Gasteiger partial charge in [0.15, 0.2) is 0 Å². The van der Waals surface area contributed by atoms with Crippen molar-refractivity contribution in [2.45, 2.75) is 26.3 Å². The second kappa shape index (κ2) is 5.89. The Bertz CT molecular complexity index is 531. The summed E-state index contributed by atoms with van der Waals surface area (Å²) in [6.45, 7) is 4.22. The number of nitrogens with two attached hydrogens (primary N) is 1. The average Bonchev–Trinajstić information content (AvgIpc) is 2.46. The molecule has 2 heteroatoms. The van der Waals surface area contributed by atoms with E-state index in [4.69, 9.17) is 5.73 Å². The molecule has 2 nitrogen and oxygen atoms in total. The molecule has 2 aromatic rings. The van der Waals surface area contributed by atoms with Gasteiger partial charge in [0.05, 0.1) is 0 Å². The van der Waals surface area contributed by atoms with Crippen LogP contribution in [0.3, 0.4) is 0 Å². The topological polar surface area (TPSA) is 29.3 Å². The van der Waals surface area contributed by atoms with Gasteiger partial charge in [-0.25, -0.2) is 0 Å². The molecule has 100 valence electrons. The van der Waals surface area contributed by atoms with Crippen LogP contribution >= 0.6 is 0 Å². The zero-order valence-corrected chi connectivity index (χ0v) is 11.9. The van der Waals surface area contributed by atoms with Crippen LogP contribution in [0.25, 0.3) is 0 Å². The van der Waals surface area contributed by atoms with E-state index in [9.17, 15) is 0 Å². The lowest BCUT2D eigenvalue weighted by Gasteiger charge is -2.25. The molecule has 0 saturated heterocycles. The van der Waals surface area contributed by atoms with Gasteiger partial charge in [-0.1, -0.05) is 42.8 Å². The molecule has 0 saturated carbocycles. The summed E-state index contributed by atoms with van der Waals surface area (Å²) in [5.41, 5.74) is 11.0. The maximum absolute atomic E-state index is 6.21. The summed E-state index contributed by atoms with van der Waals surface area (Å²) in [4.78, 5) is 2.20. The third-order valence-electron chi connectivity index (χ3n) is 3.56. The lowest BCUT2D eigenvalue weighted by molar-refractivity contribution is 0.698. The zero-order chi connectivity index (χ0) is 13.8. The Morgan fingerprint density at radius 3 is 2.32 bits per heavy atom. The number of nitrogens with zero attached hydrogens (tertiary/aromatic N) is 1. The van der Waals surface area contributed by atoms with Crippen LogP contribution in [0, 0.1) is 6.92 Å². The van der Waals surface area contributed by atoms with Gasteiger partial charge >= 0.3 is 0 Å². The van der Waals surface area contributed by atoms with Crippen LogP contribution in [0.5, 0.6) is 0 Å². The molecule has 0 aromatic heterocycles. The predicted molar refractivity (Wildman–Crippen MR) is 82.9 cm³/mol. The quantitative estimate of drug-likeness (QED) is 0.887. The van der Waals surface area contributed by atoms with Crippen molar-refractivity contribution in [2.75, 3.05) is 11.9 Å². The number of para-hydroxylation sites is 1. The Labute approximate surface area is 115 Å². The van der Waals surface area contributed by atoms with Crippen LogP contribution < -0.4 is 10.6 Å². The van der Waals surface area contributed by atoms with Gasteiger partial charge in [-0.2, -0.15) is 0 Å². The second-order valence-electron chi connectivity index (χ2n) is 4.97. The second-order valence-corrected chi connectivity index (χ2v) is 4.97. The lowest BCUT2D eigenvalue weighted by atomic mass is 10.0. The van der Waals surface area contributed by atoms with Gasteiger partial charge in [0.1, 0.15) is 0 Å². The summed E-state index contributed by atoms with van der Waals surface area (Å²) in [5.74, 6) is 0. The van der Waals surface area contributed by atoms with Gasteiger partial charge in [-0.3, -0.25) is 0 Å². The van der Waals surface area contributed by atoms with Crippen LogP contribution in [-0.2, 0) is 0 Å². The van der Waals surface area contributed by atoms with Crippen molar-refractivity contribution in [3.05, 3.63) is 59.7 Å². The number of hydrogen-bond donors (Lipinski definition) is 1. The van der Waals surface area contributed by atoms with Crippen molar-refractivity contribution in [1.29, 1.82) is 0 Å². The summed E-state index contributed by atoms with van der Waals surface area (Å²) in [6, 6.07) is 17.0. The molecule has 19 heavy (non-hydrogen) atoms. The van der Waals surface area contributed by atoms with Crippen LogP contribution in [0.15, 0.2) is 48.5 Å². The van der Waals surface area contributed by atoms with E-state index in [-0.39, 0.29) is 6.04 Å². The molecule has 0 radical (unpaired) electrons. The summed E-state index contributed by atoms with van der Waals surface area (Å²) in [5, 5.41) is 0. The summed E-state index contributed by atoms with van der Waals surface area (Å²) < 4.78 is 0. The number of rotatable bonds is 4. The van der Waals surface area contributed by atoms with E-state index in [0.717, 1.165) is 6.42 Å². The summed E-state index contributed by atoms with van der Waals surface area (Å²) in [7, 11) is 2.09. The molecule has 0 heterocycles. The number of anilines is 2. The largest absolute Gasteiger partial charge is 0.344 e. The highest BCUT2D eigenvalue weighted by molar-refractivity contribution is 5.66. The third-order valence-corrected chi connectivity index (χ3v) is 3.56. The molecule has 2 N–H and O–H groups in total. The van der Waals surface area contributed by atoms with Crippen molar-refractivity contribution in [3.8, 4) is 0 Å². The highest BCUT2D eigenvalue weighted by Crippen LogP contribution is 2.30. The van der Waals surface area contributed by atoms with Crippen LogP contribution in [0.1, 0.15) is 30.5 Å². The van der Waals surface area contributed by atoms with Crippen LogP contribution in [0.2, 0.25) is 0 Å². The van der Waals surface area contributed by atoms with E-state index in [1.807, 2.05) is 0 Å². The van der Waals surface area contributed by atoms with Crippen LogP contribution in [-0.4, -0.2) is 7.05 Å². The van der Waals surface area contributed by atoms with E-state index in [2.05, 4.69) is 74.3 Å². The van der Waals surface area contributed by atoms with Crippen molar-refractivity contribution in [3.63, 3.8) is 0 Å². The van der Waals surface area contributed by atoms with E-state index >= 15 is 0 Å². The molecular formula is C17H22N2. The first-order valence-electron chi connectivity index (χ1n) is 6.78. The number of benzene rings is 2. The average molecular weight is 254 g/mol. The van der Waals surface area contributed by atoms with E-state index < -0.39 is 0 Å². The smallest absolute Gasteiger partial charge is 0.0456 e. The van der Waals surface area contributed by atoms with E-state index in [0.29, 0.717) is 0 Å². The van der Waals surface area contributed by atoms with Crippen molar-refractivity contribution < 1.29 is 0 Å². The highest BCUT2D eigenvalue weighted by atomic mass is 15.1. The third kappa shape index (κ3) is 2.96. The Morgan fingerprint density at radius 2 is 1.68 bits per heavy atom. The van der Waals surface area contributed by atoms with Gasteiger partial charge in [-0.05, 0) is 37.1 Å².